The van der Waals surface area contributed by atoms with Crippen LogP contribution >= 0.6 is 0 Å². The van der Waals surface area contributed by atoms with Crippen molar-refractivity contribution >= 4 is 5.91 Å². The lowest BCUT2D eigenvalue weighted by Crippen LogP contribution is -2.32. The average Bonchev–Trinajstić information content (AvgIpc) is 3.41. The normalized spacial score (nSPS) is 19.6. The van der Waals surface area contributed by atoms with Crippen LogP contribution in [0, 0.1) is 5.82 Å². The summed E-state index contributed by atoms with van der Waals surface area (Å²) in [6.07, 6.45) is 5.96. The van der Waals surface area contributed by atoms with Gasteiger partial charge in [-0.1, -0.05) is 12.1 Å². The van der Waals surface area contributed by atoms with Gasteiger partial charge in [0, 0.05) is 30.3 Å². The van der Waals surface area contributed by atoms with Gasteiger partial charge in [-0.15, -0.1) is 0 Å². The van der Waals surface area contributed by atoms with E-state index in [0.29, 0.717) is 30.1 Å². The second-order valence-electron chi connectivity index (χ2n) is 5.93. The molecule has 118 valence electrons. The van der Waals surface area contributed by atoms with Crippen LogP contribution in [0.5, 0.6) is 5.75 Å². The van der Waals surface area contributed by atoms with Gasteiger partial charge in [-0.05, 0) is 18.9 Å². The molecule has 1 atom stereocenters. The first kappa shape index (κ1) is 14.1. The lowest BCUT2D eigenvalue weighted by atomic mass is 10.00. The van der Waals surface area contributed by atoms with Crippen LogP contribution in [0.3, 0.4) is 0 Å². The third-order valence-corrected chi connectivity index (χ3v) is 4.21. The largest absolute Gasteiger partial charge is 0.490 e. The molecule has 2 aromatic rings. The Morgan fingerprint density at radius 2 is 2.00 bits per heavy atom. The molecule has 1 amide bonds. The molecular formula is C17H16FN3O2. The van der Waals surface area contributed by atoms with Crippen LogP contribution < -0.4 is 10.1 Å². The van der Waals surface area contributed by atoms with Gasteiger partial charge < -0.3 is 10.1 Å². The Labute approximate surface area is 132 Å². The summed E-state index contributed by atoms with van der Waals surface area (Å²) in [6, 6.07) is 4.48. The number of benzene rings is 1. The topological polar surface area (TPSA) is 64.1 Å². The predicted octanol–water partition coefficient (Wildman–Crippen LogP) is 2.75. The Morgan fingerprint density at radius 3 is 2.74 bits per heavy atom. The monoisotopic (exact) mass is 313 g/mol. The van der Waals surface area contributed by atoms with Crippen molar-refractivity contribution in [3.63, 3.8) is 0 Å². The number of carbonyl (C=O) groups excluding carboxylic acids is 1. The van der Waals surface area contributed by atoms with Crippen LogP contribution in [-0.2, 0) is 0 Å². The number of fused-ring (bicyclic) bond motifs is 1. The summed E-state index contributed by atoms with van der Waals surface area (Å²) in [5.74, 6) is 0.829. The molecular weight excluding hydrogens is 297 g/mol. The molecule has 0 saturated heterocycles. The van der Waals surface area contributed by atoms with Gasteiger partial charge in [0.05, 0.1) is 18.2 Å². The van der Waals surface area contributed by atoms with E-state index in [1.807, 2.05) is 0 Å². The summed E-state index contributed by atoms with van der Waals surface area (Å²) < 4.78 is 19.1. The molecule has 1 aromatic heterocycles. The number of rotatable bonds is 3. The Hall–Kier alpha value is -2.50. The van der Waals surface area contributed by atoms with E-state index in [1.165, 1.54) is 6.07 Å². The van der Waals surface area contributed by atoms with Crippen molar-refractivity contribution in [3.8, 4) is 5.75 Å². The molecule has 1 saturated carbocycles. The van der Waals surface area contributed by atoms with Gasteiger partial charge in [-0.25, -0.2) is 14.4 Å². The van der Waals surface area contributed by atoms with Gasteiger partial charge in [0.15, 0.2) is 11.6 Å². The van der Waals surface area contributed by atoms with Crippen molar-refractivity contribution in [3.05, 3.63) is 53.4 Å². The average molecular weight is 313 g/mol. The molecule has 1 fully saturated rings. The van der Waals surface area contributed by atoms with Gasteiger partial charge in [0.1, 0.15) is 5.82 Å². The first-order valence-electron chi connectivity index (χ1n) is 7.76. The molecule has 2 heterocycles. The first-order valence-corrected chi connectivity index (χ1v) is 7.76. The second kappa shape index (κ2) is 5.61. The van der Waals surface area contributed by atoms with Crippen molar-refractivity contribution < 1.29 is 13.9 Å². The van der Waals surface area contributed by atoms with Crippen LogP contribution in [0.4, 0.5) is 4.39 Å². The molecule has 0 radical (unpaired) electrons. The Kier molecular flexibility index (Phi) is 3.44. The van der Waals surface area contributed by atoms with E-state index >= 15 is 0 Å². The van der Waals surface area contributed by atoms with E-state index in [2.05, 4.69) is 15.3 Å². The molecule has 1 aromatic carbocycles. The summed E-state index contributed by atoms with van der Waals surface area (Å²) in [5.41, 5.74) is 1.08. The van der Waals surface area contributed by atoms with Crippen LogP contribution in [0.25, 0.3) is 0 Å². The molecule has 1 aliphatic heterocycles. The fourth-order valence-corrected chi connectivity index (χ4v) is 2.79. The standard InChI is InChI=1S/C17H16FN3O2/c18-13-3-1-2-12-14(6-7-23-15(12)13)21-17(22)11-8-19-16(20-9-11)10-4-5-10/h1-3,8-10,14H,4-7H2,(H,21,22). The van der Waals surface area contributed by atoms with Gasteiger partial charge in [-0.2, -0.15) is 0 Å². The highest BCUT2D eigenvalue weighted by Gasteiger charge is 2.28. The Balaban J connectivity index is 1.52. The highest BCUT2D eigenvalue weighted by atomic mass is 19.1. The summed E-state index contributed by atoms with van der Waals surface area (Å²) in [4.78, 5) is 20.9. The van der Waals surface area contributed by atoms with Crippen molar-refractivity contribution in [2.75, 3.05) is 6.61 Å². The van der Waals surface area contributed by atoms with Gasteiger partial charge in [0.2, 0.25) is 0 Å². The van der Waals surface area contributed by atoms with Gasteiger partial charge >= 0.3 is 0 Å². The number of nitrogens with one attached hydrogen (secondary N) is 1. The third-order valence-electron chi connectivity index (χ3n) is 4.21. The molecule has 0 bridgehead atoms. The number of hydrogen-bond donors (Lipinski definition) is 1. The highest BCUT2D eigenvalue weighted by Crippen LogP contribution is 2.37. The summed E-state index contributed by atoms with van der Waals surface area (Å²) in [5, 5.41) is 2.92. The van der Waals surface area contributed by atoms with Crippen molar-refractivity contribution in [1.29, 1.82) is 0 Å². The maximum Gasteiger partial charge on any atom is 0.254 e. The van der Waals surface area contributed by atoms with Gasteiger partial charge in [0.25, 0.3) is 5.91 Å². The first-order chi connectivity index (χ1) is 11.2. The van der Waals surface area contributed by atoms with Crippen LogP contribution in [0.1, 0.15) is 53.0 Å². The number of para-hydroxylation sites is 1. The molecule has 2 aliphatic rings. The van der Waals surface area contributed by atoms with Crippen LogP contribution in [0.15, 0.2) is 30.6 Å². The van der Waals surface area contributed by atoms with Crippen LogP contribution in [0.2, 0.25) is 0 Å². The number of hydrogen-bond acceptors (Lipinski definition) is 4. The molecule has 1 unspecified atom stereocenters. The van der Waals surface area contributed by atoms with Crippen LogP contribution in [-0.4, -0.2) is 22.5 Å². The second-order valence-corrected chi connectivity index (χ2v) is 5.93. The quantitative estimate of drug-likeness (QED) is 0.946. The summed E-state index contributed by atoms with van der Waals surface area (Å²) >= 11 is 0. The number of aromatic nitrogens is 2. The molecule has 1 N–H and O–H groups in total. The zero-order valence-corrected chi connectivity index (χ0v) is 12.5. The van der Waals surface area contributed by atoms with Crippen molar-refractivity contribution in [1.82, 2.24) is 15.3 Å². The maximum absolute atomic E-state index is 13.8. The Morgan fingerprint density at radius 1 is 1.22 bits per heavy atom. The smallest absolute Gasteiger partial charge is 0.254 e. The summed E-state index contributed by atoms with van der Waals surface area (Å²) in [7, 11) is 0. The minimum absolute atomic E-state index is 0.226. The van der Waals surface area contributed by atoms with E-state index in [0.717, 1.165) is 18.7 Å². The predicted molar refractivity (Wildman–Crippen MR) is 80.7 cm³/mol. The fourth-order valence-electron chi connectivity index (χ4n) is 2.79. The van der Waals surface area contributed by atoms with E-state index < -0.39 is 5.82 Å². The Bertz CT molecular complexity index is 744. The van der Waals surface area contributed by atoms with E-state index in [-0.39, 0.29) is 17.7 Å². The maximum atomic E-state index is 13.8. The lowest BCUT2D eigenvalue weighted by molar-refractivity contribution is 0.0923. The molecule has 1 aliphatic carbocycles. The SMILES string of the molecule is O=C(NC1CCOc2c(F)cccc21)c1cnc(C2CC2)nc1. The fraction of sp³-hybridized carbons (Fsp3) is 0.353. The lowest BCUT2D eigenvalue weighted by Gasteiger charge is -2.26. The molecule has 23 heavy (non-hydrogen) atoms. The zero-order chi connectivity index (χ0) is 15.8. The number of nitrogens with zero attached hydrogens (tertiary/aromatic N) is 2. The van der Waals surface area contributed by atoms with Gasteiger partial charge in [-0.3, -0.25) is 4.79 Å². The molecule has 4 rings (SSSR count). The molecule has 0 spiro atoms. The number of halogens is 1. The van der Waals surface area contributed by atoms with E-state index in [1.54, 1.807) is 24.5 Å². The minimum atomic E-state index is -0.404. The third kappa shape index (κ3) is 2.76. The number of amides is 1. The molecule has 5 nitrogen and oxygen atoms in total. The summed E-state index contributed by atoms with van der Waals surface area (Å²) in [6.45, 7) is 0.371. The van der Waals surface area contributed by atoms with Crippen molar-refractivity contribution in [2.24, 2.45) is 0 Å². The molecule has 6 heteroatoms. The number of carbonyl (C=O) groups is 1. The van der Waals surface area contributed by atoms with E-state index in [4.69, 9.17) is 4.74 Å². The zero-order valence-electron chi connectivity index (χ0n) is 12.5. The van der Waals surface area contributed by atoms with E-state index in [9.17, 15) is 9.18 Å². The highest BCUT2D eigenvalue weighted by molar-refractivity contribution is 5.93. The van der Waals surface area contributed by atoms with Crippen molar-refractivity contribution in [2.45, 2.75) is 31.2 Å². The minimum Gasteiger partial charge on any atom is -0.490 e. The number of ether oxygens (including phenoxy) is 1.